The molecule has 0 spiro atoms. The molecule has 6 heteroatoms. The summed E-state index contributed by atoms with van der Waals surface area (Å²) in [6.45, 7) is 0.857. The highest BCUT2D eigenvalue weighted by atomic mass is 15.1. The van der Waals surface area contributed by atoms with Gasteiger partial charge in [-0.15, -0.1) is 0 Å². The highest BCUT2D eigenvalue weighted by Gasteiger charge is 2.07. The van der Waals surface area contributed by atoms with Crippen molar-refractivity contribution in [3.8, 4) is 11.3 Å². The Hall–Kier alpha value is -3.41. The normalized spacial score (nSPS) is 10.9. The van der Waals surface area contributed by atoms with Crippen molar-refractivity contribution in [2.45, 2.75) is 12.8 Å². The second-order valence-electron chi connectivity index (χ2n) is 6.19. The number of fused-ring (bicyclic) bond motifs is 1. The largest absolute Gasteiger partial charge is 0.384 e. The molecular formula is C20H20N6. The Balaban J connectivity index is 1.51. The van der Waals surface area contributed by atoms with Gasteiger partial charge in [-0.1, -0.05) is 18.2 Å². The average molecular weight is 344 g/mol. The lowest BCUT2D eigenvalue weighted by Crippen LogP contribution is -2.05. The van der Waals surface area contributed by atoms with E-state index in [0.29, 0.717) is 5.82 Å². The zero-order valence-corrected chi connectivity index (χ0v) is 14.3. The number of nitrogens with two attached hydrogens (primary N) is 1. The fourth-order valence-corrected chi connectivity index (χ4v) is 3.04. The molecule has 0 aliphatic carbocycles. The van der Waals surface area contributed by atoms with Gasteiger partial charge in [0.2, 0.25) is 0 Å². The minimum absolute atomic E-state index is 0.508. The van der Waals surface area contributed by atoms with Crippen LogP contribution in [0.5, 0.6) is 0 Å². The number of nitrogens with one attached hydrogen (secondary N) is 2. The standard InChI is InChI=1S/C20H20N6/c21-20-12-18(23-9-2-4-14-3-1-8-22-13-14)16-6-5-15(11-19(16)25-20)17-7-10-24-26-17/h1,3,5-8,10-13H,2,4,9H2,(H,24,26)(H3,21,23,25). The molecule has 0 aliphatic rings. The van der Waals surface area contributed by atoms with Crippen molar-refractivity contribution in [3.63, 3.8) is 0 Å². The molecule has 0 unspecified atom stereocenters. The van der Waals surface area contributed by atoms with Crippen LogP contribution in [0.1, 0.15) is 12.0 Å². The molecule has 0 saturated carbocycles. The highest BCUT2D eigenvalue weighted by Crippen LogP contribution is 2.28. The molecule has 0 amide bonds. The SMILES string of the molecule is Nc1cc(NCCCc2cccnc2)c2ccc(-c3ccn[nH]3)cc2n1. The van der Waals surface area contributed by atoms with Crippen LogP contribution < -0.4 is 11.1 Å². The summed E-state index contributed by atoms with van der Waals surface area (Å²) in [7, 11) is 0. The molecule has 130 valence electrons. The first-order valence-corrected chi connectivity index (χ1v) is 8.62. The van der Waals surface area contributed by atoms with E-state index < -0.39 is 0 Å². The van der Waals surface area contributed by atoms with E-state index >= 15 is 0 Å². The molecule has 0 saturated heterocycles. The maximum absolute atomic E-state index is 6.01. The number of anilines is 2. The van der Waals surface area contributed by atoms with Gasteiger partial charge in [-0.3, -0.25) is 10.1 Å². The van der Waals surface area contributed by atoms with Crippen molar-refractivity contribution in [2.24, 2.45) is 0 Å². The molecule has 0 fully saturated rings. The van der Waals surface area contributed by atoms with Gasteiger partial charge >= 0.3 is 0 Å². The van der Waals surface area contributed by atoms with E-state index in [0.717, 1.165) is 47.2 Å². The molecule has 4 rings (SSSR count). The van der Waals surface area contributed by atoms with Crippen molar-refractivity contribution in [1.29, 1.82) is 0 Å². The number of rotatable bonds is 6. The number of hydrogen-bond donors (Lipinski definition) is 3. The minimum Gasteiger partial charge on any atom is -0.384 e. The van der Waals surface area contributed by atoms with Crippen LogP contribution in [0.4, 0.5) is 11.5 Å². The molecule has 0 bridgehead atoms. The van der Waals surface area contributed by atoms with Crippen LogP contribution in [0, 0.1) is 0 Å². The summed E-state index contributed by atoms with van der Waals surface area (Å²) in [6.07, 6.45) is 7.45. The molecule has 1 aromatic carbocycles. The first-order valence-electron chi connectivity index (χ1n) is 8.62. The zero-order chi connectivity index (χ0) is 17.8. The number of benzene rings is 1. The van der Waals surface area contributed by atoms with Crippen molar-refractivity contribution < 1.29 is 0 Å². The van der Waals surface area contributed by atoms with E-state index in [1.165, 1.54) is 5.56 Å². The molecule has 3 heterocycles. The van der Waals surface area contributed by atoms with Gasteiger partial charge in [0.1, 0.15) is 5.82 Å². The first kappa shape index (κ1) is 16.1. The minimum atomic E-state index is 0.508. The topological polar surface area (TPSA) is 92.5 Å². The molecule has 3 aromatic heterocycles. The quantitative estimate of drug-likeness (QED) is 0.464. The molecule has 4 N–H and O–H groups in total. The number of pyridine rings is 2. The fraction of sp³-hybridized carbons (Fsp3) is 0.150. The number of aryl methyl sites for hydroxylation is 1. The van der Waals surface area contributed by atoms with Crippen LogP contribution in [-0.2, 0) is 6.42 Å². The number of nitrogen functional groups attached to an aromatic ring is 1. The predicted molar refractivity (Wildman–Crippen MR) is 105 cm³/mol. The van der Waals surface area contributed by atoms with Crippen molar-refractivity contribution in [3.05, 3.63) is 66.6 Å². The van der Waals surface area contributed by atoms with Crippen molar-refractivity contribution >= 4 is 22.4 Å². The van der Waals surface area contributed by atoms with Crippen LogP contribution in [0.3, 0.4) is 0 Å². The Bertz CT molecular complexity index is 996. The molecule has 6 nitrogen and oxygen atoms in total. The Labute approximate surface area is 151 Å². The highest BCUT2D eigenvalue weighted by molar-refractivity contribution is 5.95. The molecule has 0 radical (unpaired) electrons. The summed E-state index contributed by atoms with van der Waals surface area (Å²) in [5.74, 6) is 0.508. The van der Waals surface area contributed by atoms with E-state index in [4.69, 9.17) is 5.73 Å². The van der Waals surface area contributed by atoms with E-state index in [1.807, 2.05) is 30.5 Å². The van der Waals surface area contributed by atoms with Gasteiger partial charge in [-0.2, -0.15) is 5.10 Å². The molecule has 26 heavy (non-hydrogen) atoms. The summed E-state index contributed by atoms with van der Waals surface area (Å²) >= 11 is 0. The van der Waals surface area contributed by atoms with E-state index in [9.17, 15) is 0 Å². The van der Waals surface area contributed by atoms with Crippen LogP contribution in [0.25, 0.3) is 22.2 Å². The van der Waals surface area contributed by atoms with Gasteiger partial charge in [0.25, 0.3) is 0 Å². The third-order valence-electron chi connectivity index (χ3n) is 4.32. The number of aromatic nitrogens is 4. The van der Waals surface area contributed by atoms with Gasteiger partial charge in [0, 0.05) is 47.8 Å². The van der Waals surface area contributed by atoms with Crippen LogP contribution in [-0.4, -0.2) is 26.7 Å². The van der Waals surface area contributed by atoms with Crippen LogP contribution >= 0.6 is 0 Å². The number of hydrogen-bond acceptors (Lipinski definition) is 5. The van der Waals surface area contributed by atoms with Gasteiger partial charge < -0.3 is 11.1 Å². The van der Waals surface area contributed by atoms with Crippen LogP contribution in [0.15, 0.2) is 61.1 Å². The predicted octanol–water partition coefficient (Wildman–Crippen LogP) is 3.65. The van der Waals surface area contributed by atoms with E-state index in [1.54, 1.807) is 12.4 Å². The summed E-state index contributed by atoms with van der Waals surface area (Å²) in [5.41, 5.74) is 11.1. The van der Waals surface area contributed by atoms with E-state index in [-0.39, 0.29) is 0 Å². The third kappa shape index (κ3) is 3.49. The lowest BCUT2D eigenvalue weighted by Gasteiger charge is -2.11. The number of aromatic amines is 1. The van der Waals surface area contributed by atoms with Gasteiger partial charge in [0.15, 0.2) is 0 Å². The van der Waals surface area contributed by atoms with Gasteiger partial charge in [-0.25, -0.2) is 4.98 Å². The monoisotopic (exact) mass is 344 g/mol. The summed E-state index contributed by atoms with van der Waals surface area (Å²) in [6, 6.07) is 14.1. The van der Waals surface area contributed by atoms with Gasteiger partial charge in [0.05, 0.1) is 11.2 Å². The summed E-state index contributed by atoms with van der Waals surface area (Å²) in [4.78, 5) is 8.63. The molecule has 4 aromatic rings. The van der Waals surface area contributed by atoms with Gasteiger partial charge in [-0.05, 0) is 36.6 Å². The second-order valence-corrected chi connectivity index (χ2v) is 6.19. The Kier molecular flexibility index (Phi) is 4.47. The maximum atomic E-state index is 6.01. The summed E-state index contributed by atoms with van der Waals surface area (Å²) < 4.78 is 0. The molecule has 0 atom stereocenters. The Morgan fingerprint density at radius 2 is 2.04 bits per heavy atom. The van der Waals surface area contributed by atoms with Crippen molar-refractivity contribution in [2.75, 3.05) is 17.6 Å². The van der Waals surface area contributed by atoms with Crippen molar-refractivity contribution in [1.82, 2.24) is 20.2 Å². The second kappa shape index (κ2) is 7.23. The lowest BCUT2D eigenvalue weighted by molar-refractivity contribution is 0.859. The lowest BCUT2D eigenvalue weighted by atomic mass is 10.1. The Morgan fingerprint density at radius 1 is 1.08 bits per heavy atom. The first-order chi connectivity index (χ1) is 12.8. The van der Waals surface area contributed by atoms with Crippen LogP contribution in [0.2, 0.25) is 0 Å². The smallest absolute Gasteiger partial charge is 0.126 e. The molecule has 0 aliphatic heterocycles. The molecular weight excluding hydrogens is 324 g/mol. The summed E-state index contributed by atoms with van der Waals surface area (Å²) in [5, 5.41) is 11.5. The average Bonchev–Trinajstić information content (AvgIpc) is 3.20. The fourth-order valence-electron chi connectivity index (χ4n) is 3.04. The Morgan fingerprint density at radius 3 is 2.85 bits per heavy atom. The third-order valence-corrected chi connectivity index (χ3v) is 4.32. The van der Waals surface area contributed by atoms with E-state index in [2.05, 4.69) is 43.7 Å². The maximum Gasteiger partial charge on any atom is 0.126 e. The number of nitrogens with zero attached hydrogens (tertiary/aromatic N) is 3. The zero-order valence-electron chi connectivity index (χ0n) is 14.3. The number of H-pyrrole nitrogens is 1.